The fraction of sp³-hybridized carbons (Fsp3) is 0.300. The molecule has 0 unspecified atom stereocenters. The van der Waals surface area contributed by atoms with Crippen LogP contribution in [0.3, 0.4) is 0 Å². The summed E-state index contributed by atoms with van der Waals surface area (Å²) in [5, 5.41) is 18.6. The number of hydrogen-bond acceptors (Lipinski definition) is 2. The molecule has 0 amide bonds. The number of rotatable bonds is 6. The molecule has 0 spiro atoms. The lowest BCUT2D eigenvalue weighted by molar-refractivity contribution is -0.597. The lowest BCUT2D eigenvalue weighted by Crippen LogP contribution is -3.61. The van der Waals surface area contributed by atoms with Crippen molar-refractivity contribution in [3.05, 3.63) is 66.8 Å². The molecule has 4 nitrogen and oxygen atoms in total. The van der Waals surface area contributed by atoms with Crippen molar-refractivity contribution in [1.29, 1.82) is 0 Å². The highest BCUT2D eigenvalue weighted by Crippen LogP contribution is 2.23. The summed E-state index contributed by atoms with van der Waals surface area (Å²) >= 11 is -0.397. The number of benzene rings is 2. The Morgan fingerprint density at radius 1 is 0.692 bits per heavy atom. The highest BCUT2D eigenvalue weighted by atomic mass is 127. The van der Waals surface area contributed by atoms with Gasteiger partial charge in [-0.1, -0.05) is 24.3 Å². The van der Waals surface area contributed by atoms with Gasteiger partial charge in [0.05, 0.1) is 10.8 Å². The molecular weight excluding hydrogens is 511 g/mol. The Labute approximate surface area is 174 Å². The first-order valence-electron chi connectivity index (χ1n) is 7.88. The topological polar surface area (TPSA) is 74.6 Å². The molecule has 2 aromatic rings. The fourth-order valence-electron chi connectivity index (χ4n) is 2.23. The van der Waals surface area contributed by atoms with E-state index in [4.69, 9.17) is 0 Å². The summed E-state index contributed by atoms with van der Waals surface area (Å²) in [5.74, 6) is -1.68. The SMILES string of the molecule is CC(C)(C(=O)O)c1ccc([I+]c2ccc(C(C)(C)C(=O)O)cc2)cc1.[Br-]. The molecule has 0 heterocycles. The number of aliphatic carboxylic acids is 2. The van der Waals surface area contributed by atoms with Gasteiger partial charge in [-0.25, -0.2) is 0 Å². The second-order valence-electron chi connectivity index (χ2n) is 6.97. The Bertz CT molecular complexity index is 713. The van der Waals surface area contributed by atoms with E-state index in [1.54, 1.807) is 27.7 Å². The molecule has 2 rings (SSSR count). The third-order valence-corrected chi connectivity index (χ3v) is 7.10. The van der Waals surface area contributed by atoms with Crippen LogP contribution >= 0.6 is 0 Å². The van der Waals surface area contributed by atoms with Gasteiger partial charge in [-0.2, -0.15) is 0 Å². The van der Waals surface area contributed by atoms with Crippen LogP contribution in [0.2, 0.25) is 0 Å². The Hall–Kier alpha value is -1.41. The summed E-state index contributed by atoms with van der Waals surface area (Å²) in [6.45, 7) is 6.79. The molecule has 6 heteroatoms. The Balaban J connectivity index is 0.00000338. The van der Waals surface area contributed by atoms with E-state index in [-0.39, 0.29) is 17.0 Å². The summed E-state index contributed by atoms with van der Waals surface area (Å²) in [4.78, 5) is 22.6. The van der Waals surface area contributed by atoms with E-state index < -0.39 is 44.0 Å². The quantitative estimate of drug-likeness (QED) is 0.405. The average molecular weight is 533 g/mol. The fourth-order valence-corrected chi connectivity index (χ4v) is 4.39. The maximum Gasteiger partial charge on any atom is 0.357 e. The van der Waals surface area contributed by atoms with Crippen LogP contribution in [0.4, 0.5) is 0 Å². The minimum atomic E-state index is -0.902. The van der Waals surface area contributed by atoms with E-state index in [1.807, 2.05) is 48.5 Å². The molecule has 0 saturated carbocycles. The summed E-state index contributed by atoms with van der Waals surface area (Å²) in [6.07, 6.45) is 0. The zero-order chi connectivity index (χ0) is 18.8. The first kappa shape index (κ1) is 22.6. The van der Waals surface area contributed by atoms with E-state index in [2.05, 4.69) is 0 Å². The van der Waals surface area contributed by atoms with Crippen LogP contribution in [0, 0.1) is 7.14 Å². The highest BCUT2D eigenvalue weighted by molar-refractivity contribution is 5.80. The van der Waals surface area contributed by atoms with Crippen molar-refractivity contribution in [3.63, 3.8) is 0 Å². The van der Waals surface area contributed by atoms with Gasteiger partial charge in [0.1, 0.15) is 0 Å². The molecule has 2 N–H and O–H groups in total. The zero-order valence-corrected chi connectivity index (χ0v) is 18.8. The molecule has 0 saturated heterocycles. The molecular formula is C20H22BrIO4. The largest absolute Gasteiger partial charge is 1.00 e. The summed E-state index contributed by atoms with van der Waals surface area (Å²) < 4.78 is 2.38. The normalized spacial score (nSPS) is 11.5. The van der Waals surface area contributed by atoms with Gasteiger partial charge in [-0.05, 0) is 63.1 Å². The number of carboxylic acids is 2. The smallest absolute Gasteiger partial charge is 0.357 e. The van der Waals surface area contributed by atoms with Crippen LogP contribution in [-0.2, 0) is 20.4 Å². The maximum atomic E-state index is 11.3. The lowest BCUT2D eigenvalue weighted by atomic mass is 9.85. The van der Waals surface area contributed by atoms with E-state index in [1.165, 1.54) is 7.14 Å². The molecule has 140 valence electrons. The van der Waals surface area contributed by atoms with E-state index in [0.29, 0.717) is 0 Å². The molecule has 0 fully saturated rings. The molecule has 2 aromatic carbocycles. The molecule has 0 radical (unpaired) electrons. The van der Waals surface area contributed by atoms with Gasteiger partial charge in [0.15, 0.2) is 7.14 Å². The molecule has 0 aromatic heterocycles. The number of hydrogen-bond donors (Lipinski definition) is 2. The van der Waals surface area contributed by atoms with Gasteiger partial charge in [-0.3, -0.25) is 9.59 Å². The van der Waals surface area contributed by atoms with Crippen LogP contribution < -0.4 is 38.2 Å². The second kappa shape index (κ2) is 8.52. The van der Waals surface area contributed by atoms with Gasteiger partial charge in [0.2, 0.25) is 0 Å². The lowest BCUT2D eigenvalue weighted by Gasteiger charge is -2.19. The van der Waals surface area contributed by atoms with Crippen molar-refractivity contribution >= 4 is 11.9 Å². The van der Waals surface area contributed by atoms with E-state index in [9.17, 15) is 19.8 Å². The van der Waals surface area contributed by atoms with E-state index >= 15 is 0 Å². The van der Waals surface area contributed by atoms with Crippen LogP contribution in [0.15, 0.2) is 48.5 Å². The van der Waals surface area contributed by atoms with Gasteiger partial charge in [-0.15, -0.1) is 0 Å². The summed E-state index contributed by atoms with van der Waals surface area (Å²) in [5.41, 5.74) is -0.236. The van der Waals surface area contributed by atoms with Crippen LogP contribution in [0.25, 0.3) is 0 Å². The minimum absolute atomic E-state index is 0. The van der Waals surface area contributed by atoms with Crippen molar-refractivity contribution in [2.45, 2.75) is 38.5 Å². The standard InChI is InChI=1S/C20H21IO4.BrH/c1-19(2,17(22)23)13-5-9-15(10-6-13)21-16-11-7-14(8-12-16)20(3,4)18(24)25;/h5-12H,1-4H3,(H-,22,23,24,25);1H. The second-order valence-corrected chi connectivity index (χ2v) is 10.00. The predicted molar refractivity (Wildman–Crippen MR) is 91.6 cm³/mol. The molecule has 0 aliphatic carbocycles. The Kier molecular flexibility index (Phi) is 7.42. The molecule has 0 aliphatic heterocycles. The van der Waals surface area contributed by atoms with Crippen molar-refractivity contribution in [2.24, 2.45) is 0 Å². The summed E-state index contributed by atoms with van der Waals surface area (Å²) in [7, 11) is 0. The van der Waals surface area contributed by atoms with Crippen molar-refractivity contribution in [1.82, 2.24) is 0 Å². The van der Waals surface area contributed by atoms with Crippen LogP contribution in [-0.4, -0.2) is 22.2 Å². The third-order valence-electron chi connectivity index (χ3n) is 4.42. The average Bonchev–Trinajstić information content (AvgIpc) is 2.55. The van der Waals surface area contributed by atoms with Crippen LogP contribution in [0.5, 0.6) is 0 Å². The maximum absolute atomic E-state index is 11.3. The molecule has 26 heavy (non-hydrogen) atoms. The Morgan fingerprint density at radius 3 is 1.19 bits per heavy atom. The summed E-state index contributed by atoms with van der Waals surface area (Å²) in [6, 6.07) is 15.5. The zero-order valence-electron chi connectivity index (χ0n) is 15.1. The van der Waals surface area contributed by atoms with Crippen molar-refractivity contribution < 1.29 is 58.0 Å². The highest BCUT2D eigenvalue weighted by Gasteiger charge is 2.31. The first-order chi connectivity index (χ1) is 11.5. The number of halogens is 2. The van der Waals surface area contributed by atoms with Crippen molar-refractivity contribution in [2.75, 3.05) is 0 Å². The minimum Gasteiger partial charge on any atom is -1.00 e. The van der Waals surface area contributed by atoms with Gasteiger partial charge >= 0.3 is 33.1 Å². The first-order valence-corrected chi connectivity index (χ1v) is 10.0. The predicted octanol–water partition coefficient (Wildman–Crippen LogP) is -2.46. The molecule has 0 aliphatic rings. The van der Waals surface area contributed by atoms with Gasteiger partial charge in [0, 0.05) is 0 Å². The monoisotopic (exact) mass is 532 g/mol. The van der Waals surface area contributed by atoms with E-state index in [0.717, 1.165) is 11.1 Å². The molecule has 0 bridgehead atoms. The third kappa shape index (κ3) is 4.85. The number of carboxylic acid groups (broad SMARTS) is 2. The van der Waals surface area contributed by atoms with Crippen molar-refractivity contribution in [3.8, 4) is 0 Å². The Morgan fingerprint density at radius 2 is 0.962 bits per heavy atom. The number of carbonyl (C=O) groups is 2. The van der Waals surface area contributed by atoms with Gasteiger partial charge in [0.25, 0.3) is 0 Å². The van der Waals surface area contributed by atoms with Crippen LogP contribution in [0.1, 0.15) is 38.8 Å². The van der Waals surface area contributed by atoms with Gasteiger partial charge < -0.3 is 27.2 Å². The molecule has 0 atom stereocenters.